The molecule has 0 fully saturated rings. The Balaban J connectivity index is 2.72. The number of hydrogen-bond donors (Lipinski definition) is 2. The van der Waals surface area contributed by atoms with Gasteiger partial charge in [-0.05, 0) is 13.3 Å². The number of pyridine rings is 1. The van der Waals surface area contributed by atoms with Crippen LogP contribution in [0, 0.1) is 19.3 Å². The zero-order valence-corrected chi connectivity index (χ0v) is 11.6. The van der Waals surface area contributed by atoms with Gasteiger partial charge >= 0.3 is 5.97 Å². The van der Waals surface area contributed by atoms with Gasteiger partial charge in [0.1, 0.15) is 5.56 Å². The van der Waals surface area contributed by atoms with Crippen LogP contribution < -0.4 is 5.32 Å². The minimum absolute atomic E-state index is 0.0994. The summed E-state index contributed by atoms with van der Waals surface area (Å²) in [5, 5.41) is 17.4. The van der Waals surface area contributed by atoms with Crippen molar-refractivity contribution in [2.75, 3.05) is 5.32 Å². The molecule has 0 bridgehead atoms. The standard InChI is InChI=1S/C14H16N4O2/c1-5-9(6-2)16-12-10(14(19)20)7-15-13-11(12)8(3)17-18(13)4/h1,7,9H,6H2,2-4H3,(H,15,16)(H,19,20). The Morgan fingerprint density at radius 3 is 2.90 bits per heavy atom. The number of aryl methyl sites for hydroxylation is 2. The van der Waals surface area contributed by atoms with E-state index in [1.54, 1.807) is 11.7 Å². The number of fused-ring (bicyclic) bond motifs is 1. The number of anilines is 1. The van der Waals surface area contributed by atoms with Crippen molar-refractivity contribution >= 4 is 22.7 Å². The first kappa shape index (κ1) is 13.9. The lowest BCUT2D eigenvalue weighted by Crippen LogP contribution is -2.18. The SMILES string of the molecule is C#CC(CC)Nc1c(C(=O)O)cnc2c1c(C)nn2C. The number of carbonyl (C=O) groups is 1. The third-order valence-electron chi connectivity index (χ3n) is 3.19. The molecule has 0 amide bonds. The summed E-state index contributed by atoms with van der Waals surface area (Å²) in [5.41, 5.74) is 1.93. The van der Waals surface area contributed by atoms with E-state index in [2.05, 4.69) is 21.3 Å². The van der Waals surface area contributed by atoms with Crippen LogP contribution in [0.4, 0.5) is 5.69 Å². The lowest BCUT2D eigenvalue weighted by atomic mass is 10.1. The maximum Gasteiger partial charge on any atom is 0.339 e. The van der Waals surface area contributed by atoms with Gasteiger partial charge in [-0.1, -0.05) is 12.8 Å². The Hall–Kier alpha value is -2.55. The van der Waals surface area contributed by atoms with Gasteiger partial charge in [-0.25, -0.2) is 9.78 Å². The van der Waals surface area contributed by atoms with Crippen molar-refractivity contribution < 1.29 is 9.90 Å². The lowest BCUT2D eigenvalue weighted by Gasteiger charge is -2.15. The number of aromatic nitrogens is 3. The van der Waals surface area contributed by atoms with Crippen molar-refractivity contribution in [2.45, 2.75) is 26.3 Å². The molecule has 0 radical (unpaired) electrons. The largest absolute Gasteiger partial charge is 0.478 e. The number of hydrogen-bond acceptors (Lipinski definition) is 4. The molecule has 2 aromatic rings. The first-order chi connectivity index (χ1) is 9.49. The quantitative estimate of drug-likeness (QED) is 0.830. The van der Waals surface area contributed by atoms with Crippen LogP contribution in [0.25, 0.3) is 11.0 Å². The molecule has 1 atom stereocenters. The molecule has 2 N–H and O–H groups in total. The van der Waals surface area contributed by atoms with E-state index in [9.17, 15) is 9.90 Å². The number of nitrogens with zero attached hydrogens (tertiary/aromatic N) is 3. The highest BCUT2D eigenvalue weighted by molar-refractivity contribution is 6.04. The number of aromatic carboxylic acids is 1. The second kappa shape index (κ2) is 5.21. The molecule has 0 aliphatic rings. The summed E-state index contributed by atoms with van der Waals surface area (Å²) in [5.74, 6) is 1.56. The topological polar surface area (TPSA) is 80.0 Å². The van der Waals surface area contributed by atoms with Gasteiger partial charge in [0.05, 0.1) is 22.8 Å². The highest BCUT2D eigenvalue weighted by Gasteiger charge is 2.20. The molecule has 2 rings (SSSR count). The monoisotopic (exact) mass is 272 g/mol. The van der Waals surface area contributed by atoms with Gasteiger partial charge in [0.15, 0.2) is 5.65 Å². The van der Waals surface area contributed by atoms with Crippen LogP contribution in [-0.2, 0) is 7.05 Å². The van der Waals surface area contributed by atoms with Crippen LogP contribution in [0.15, 0.2) is 6.20 Å². The summed E-state index contributed by atoms with van der Waals surface area (Å²) in [6.07, 6.45) is 7.47. The summed E-state index contributed by atoms with van der Waals surface area (Å²) in [6.45, 7) is 3.75. The van der Waals surface area contributed by atoms with Crippen LogP contribution in [0.3, 0.4) is 0 Å². The van der Waals surface area contributed by atoms with Crippen molar-refractivity contribution in [2.24, 2.45) is 7.05 Å². The van der Waals surface area contributed by atoms with Gasteiger partial charge in [-0.2, -0.15) is 5.10 Å². The molecule has 6 heteroatoms. The molecule has 0 aliphatic carbocycles. The van der Waals surface area contributed by atoms with Gasteiger partial charge in [-0.3, -0.25) is 4.68 Å². The normalized spacial score (nSPS) is 12.1. The van der Waals surface area contributed by atoms with E-state index in [-0.39, 0.29) is 11.6 Å². The van der Waals surface area contributed by atoms with E-state index < -0.39 is 5.97 Å². The fourth-order valence-electron chi connectivity index (χ4n) is 2.16. The molecule has 1 unspecified atom stereocenters. The van der Waals surface area contributed by atoms with Crippen molar-refractivity contribution in [3.05, 3.63) is 17.5 Å². The Morgan fingerprint density at radius 1 is 1.65 bits per heavy atom. The zero-order valence-electron chi connectivity index (χ0n) is 11.6. The molecule has 20 heavy (non-hydrogen) atoms. The maximum atomic E-state index is 11.4. The molecule has 0 aromatic carbocycles. The minimum atomic E-state index is -1.04. The summed E-state index contributed by atoms with van der Waals surface area (Å²) in [6, 6.07) is -0.238. The summed E-state index contributed by atoms with van der Waals surface area (Å²) < 4.78 is 1.62. The second-order valence-electron chi connectivity index (χ2n) is 4.53. The summed E-state index contributed by atoms with van der Waals surface area (Å²) in [7, 11) is 1.77. The average molecular weight is 272 g/mol. The molecule has 6 nitrogen and oxygen atoms in total. The highest BCUT2D eigenvalue weighted by atomic mass is 16.4. The van der Waals surface area contributed by atoms with Gasteiger partial charge in [0.25, 0.3) is 0 Å². The highest BCUT2D eigenvalue weighted by Crippen LogP contribution is 2.29. The molecule has 0 saturated heterocycles. The smallest absolute Gasteiger partial charge is 0.339 e. The van der Waals surface area contributed by atoms with E-state index >= 15 is 0 Å². The number of carboxylic acid groups (broad SMARTS) is 1. The molecular weight excluding hydrogens is 256 g/mol. The number of carboxylic acids is 1. The summed E-state index contributed by atoms with van der Waals surface area (Å²) in [4.78, 5) is 15.6. The predicted molar refractivity (Wildman–Crippen MR) is 76.7 cm³/mol. The van der Waals surface area contributed by atoms with E-state index in [0.717, 1.165) is 0 Å². The molecule has 0 spiro atoms. The van der Waals surface area contributed by atoms with Crippen molar-refractivity contribution in [3.63, 3.8) is 0 Å². The Kier molecular flexibility index (Phi) is 3.61. The fraction of sp³-hybridized carbons (Fsp3) is 0.357. The third kappa shape index (κ3) is 2.18. The van der Waals surface area contributed by atoms with E-state index in [1.165, 1.54) is 6.20 Å². The Bertz CT molecular complexity index is 712. The molecule has 0 aliphatic heterocycles. The van der Waals surface area contributed by atoms with Crippen LogP contribution in [-0.4, -0.2) is 31.9 Å². The van der Waals surface area contributed by atoms with Crippen LogP contribution in [0.1, 0.15) is 29.4 Å². The van der Waals surface area contributed by atoms with Crippen molar-refractivity contribution in [3.8, 4) is 12.3 Å². The number of terminal acetylenes is 1. The Labute approximate surface area is 116 Å². The molecule has 104 valence electrons. The first-order valence-corrected chi connectivity index (χ1v) is 6.27. The third-order valence-corrected chi connectivity index (χ3v) is 3.19. The lowest BCUT2D eigenvalue weighted by molar-refractivity contribution is 0.0697. The number of nitrogens with one attached hydrogen (secondary N) is 1. The van der Waals surface area contributed by atoms with Crippen LogP contribution in [0.2, 0.25) is 0 Å². The minimum Gasteiger partial charge on any atom is -0.478 e. The van der Waals surface area contributed by atoms with Gasteiger partial charge < -0.3 is 10.4 Å². The molecule has 2 aromatic heterocycles. The average Bonchev–Trinajstić information content (AvgIpc) is 2.71. The predicted octanol–water partition coefficient (Wildman–Crippen LogP) is 1.80. The van der Waals surface area contributed by atoms with E-state index in [0.29, 0.717) is 28.8 Å². The van der Waals surface area contributed by atoms with E-state index in [1.807, 2.05) is 13.8 Å². The fourth-order valence-corrected chi connectivity index (χ4v) is 2.16. The molecule has 2 heterocycles. The molecular formula is C14H16N4O2. The van der Waals surface area contributed by atoms with Crippen molar-refractivity contribution in [1.29, 1.82) is 0 Å². The van der Waals surface area contributed by atoms with Crippen LogP contribution in [0.5, 0.6) is 0 Å². The first-order valence-electron chi connectivity index (χ1n) is 6.27. The van der Waals surface area contributed by atoms with Crippen molar-refractivity contribution in [1.82, 2.24) is 14.8 Å². The number of rotatable bonds is 4. The maximum absolute atomic E-state index is 11.4. The van der Waals surface area contributed by atoms with Crippen LogP contribution >= 0.6 is 0 Å². The van der Waals surface area contributed by atoms with Gasteiger partial charge in [0.2, 0.25) is 0 Å². The molecule has 0 saturated carbocycles. The summed E-state index contributed by atoms with van der Waals surface area (Å²) >= 11 is 0. The van der Waals surface area contributed by atoms with E-state index in [4.69, 9.17) is 6.42 Å². The second-order valence-corrected chi connectivity index (χ2v) is 4.53. The van der Waals surface area contributed by atoms with Gasteiger partial charge in [-0.15, -0.1) is 6.42 Å². The van der Waals surface area contributed by atoms with Gasteiger partial charge in [0, 0.05) is 13.2 Å². The Morgan fingerprint density at radius 2 is 2.35 bits per heavy atom. The zero-order chi connectivity index (χ0) is 14.9.